The predicted molar refractivity (Wildman–Crippen MR) is 47.1 cm³/mol. The number of halogens is 2. The molecule has 0 atom stereocenters. The molecule has 0 aliphatic heterocycles. The summed E-state index contributed by atoms with van der Waals surface area (Å²) in [7, 11) is 0. The normalized spacial score (nSPS) is 9.73. The highest BCUT2D eigenvalue weighted by atomic mass is 79.9. The van der Waals surface area contributed by atoms with Crippen LogP contribution < -0.4 is 0 Å². The Morgan fingerprint density at radius 3 is 2.91 bits per heavy atom. The third-order valence-corrected chi connectivity index (χ3v) is 2.89. The van der Waals surface area contributed by atoms with Crippen molar-refractivity contribution in [2.75, 3.05) is 0 Å². The summed E-state index contributed by atoms with van der Waals surface area (Å²) in [6.45, 7) is 1.81. The van der Waals surface area contributed by atoms with Crippen molar-refractivity contribution in [2.24, 2.45) is 0 Å². The number of hydrogen-bond donors (Lipinski definition) is 0. The minimum absolute atomic E-state index is 0.407. The van der Waals surface area contributed by atoms with Crippen molar-refractivity contribution in [1.82, 2.24) is 4.98 Å². The monoisotopic (exact) mass is 233 g/mol. The van der Waals surface area contributed by atoms with Gasteiger partial charge in [0.05, 0.1) is 20.8 Å². The predicted octanol–water partition coefficient (Wildman–Crippen LogP) is 2.62. The van der Waals surface area contributed by atoms with Gasteiger partial charge in [0.2, 0.25) is 0 Å². The number of carbonyl (C=O) groups excluding carboxylic acids is 1. The third kappa shape index (κ3) is 1.60. The Bertz CT molecular complexity index is 301. The van der Waals surface area contributed by atoms with E-state index in [9.17, 15) is 4.79 Å². The third-order valence-electron chi connectivity index (χ3n) is 1.29. The second kappa shape index (κ2) is 3.32. The van der Waals surface area contributed by atoms with Crippen molar-refractivity contribution >= 4 is 33.8 Å². The highest BCUT2D eigenvalue weighted by Gasteiger charge is 2.06. The number of aryl methyl sites for hydroxylation is 1. The van der Waals surface area contributed by atoms with Crippen molar-refractivity contribution < 1.29 is 4.79 Å². The van der Waals surface area contributed by atoms with Gasteiger partial charge in [-0.1, -0.05) is 11.6 Å². The molecular formula is C7H5BrClNO. The molecule has 1 aromatic rings. The topological polar surface area (TPSA) is 30.0 Å². The van der Waals surface area contributed by atoms with E-state index in [4.69, 9.17) is 11.6 Å². The first-order chi connectivity index (χ1) is 5.16. The lowest BCUT2D eigenvalue weighted by Gasteiger charge is -2.00. The van der Waals surface area contributed by atoms with Crippen LogP contribution in [0.1, 0.15) is 16.1 Å². The van der Waals surface area contributed by atoms with Gasteiger partial charge in [0.25, 0.3) is 0 Å². The second-order valence-corrected chi connectivity index (χ2v) is 3.22. The van der Waals surface area contributed by atoms with E-state index in [2.05, 4.69) is 20.9 Å². The molecule has 0 aliphatic carbocycles. The number of pyridine rings is 1. The van der Waals surface area contributed by atoms with Crippen molar-refractivity contribution in [3.8, 4) is 0 Å². The van der Waals surface area contributed by atoms with Gasteiger partial charge in [-0.3, -0.25) is 9.78 Å². The van der Waals surface area contributed by atoms with E-state index >= 15 is 0 Å². The van der Waals surface area contributed by atoms with E-state index in [1.807, 2.05) is 6.92 Å². The zero-order chi connectivity index (χ0) is 8.43. The Labute approximate surface area is 77.7 Å². The van der Waals surface area contributed by atoms with Crippen molar-refractivity contribution in [2.45, 2.75) is 6.92 Å². The largest absolute Gasteiger partial charge is 0.298 e. The summed E-state index contributed by atoms with van der Waals surface area (Å²) in [5.74, 6) is 0. The molecule has 1 rings (SSSR count). The minimum Gasteiger partial charge on any atom is -0.298 e. The van der Waals surface area contributed by atoms with E-state index in [0.29, 0.717) is 21.3 Å². The second-order valence-electron chi connectivity index (χ2n) is 2.04. The van der Waals surface area contributed by atoms with Crippen molar-refractivity contribution in [1.29, 1.82) is 0 Å². The molecule has 0 saturated carbocycles. The Morgan fingerprint density at radius 1 is 1.73 bits per heavy atom. The van der Waals surface area contributed by atoms with Gasteiger partial charge in [0.1, 0.15) is 0 Å². The van der Waals surface area contributed by atoms with Crippen molar-refractivity contribution in [3.05, 3.63) is 26.9 Å². The van der Waals surface area contributed by atoms with Crippen LogP contribution >= 0.6 is 27.5 Å². The molecule has 0 amide bonds. The summed E-state index contributed by atoms with van der Waals surface area (Å²) < 4.78 is 0.684. The Kier molecular flexibility index (Phi) is 2.62. The molecule has 1 aromatic heterocycles. The fraction of sp³-hybridized carbons (Fsp3) is 0.143. The standard InChI is InChI=1S/C7H5BrClNO/c1-4-6(8)7(9)5(3-11)2-10-4/h2-3H,1H3. The highest BCUT2D eigenvalue weighted by Crippen LogP contribution is 2.26. The van der Waals surface area contributed by atoms with Crippen LogP contribution in [0.2, 0.25) is 5.02 Å². The number of hydrogen-bond acceptors (Lipinski definition) is 2. The summed E-state index contributed by atoms with van der Waals surface area (Å²) in [5.41, 5.74) is 1.18. The number of aromatic nitrogens is 1. The van der Waals surface area contributed by atoms with E-state index in [0.717, 1.165) is 5.69 Å². The van der Waals surface area contributed by atoms with Crippen LogP contribution in [0.4, 0.5) is 0 Å². The summed E-state index contributed by atoms with van der Waals surface area (Å²) in [6, 6.07) is 0. The number of aldehydes is 1. The zero-order valence-electron chi connectivity index (χ0n) is 5.77. The van der Waals surface area contributed by atoms with E-state index in [-0.39, 0.29) is 0 Å². The zero-order valence-corrected chi connectivity index (χ0v) is 8.11. The van der Waals surface area contributed by atoms with E-state index in [1.54, 1.807) is 0 Å². The maximum absolute atomic E-state index is 10.3. The van der Waals surface area contributed by atoms with Gasteiger partial charge in [0, 0.05) is 6.20 Å². The smallest absolute Gasteiger partial charge is 0.153 e. The van der Waals surface area contributed by atoms with Gasteiger partial charge in [-0.15, -0.1) is 0 Å². The molecule has 11 heavy (non-hydrogen) atoms. The molecule has 0 N–H and O–H groups in total. The van der Waals surface area contributed by atoms with Gasteiger partial charge >= 0.3 is 0 Å². The van der Waals surface area contributed by atoms with Gasteiger partial charge in [0.15, 0.2) is 6.29 Å². The molecule has 0 unspecified atom stereocenters. The molecule has 2 nitrogen and oxygen atoms in total. The SMILES string of the molecule is Cc1ncc(C=O)c(Cl)c1Br. The quantitative estimate of drug-likeness (QED) is 0.699. The van der Waals surface area contributed by atoms with Crippen LogP contribution in [0.15, 0.2) is 10.7 Å². The lowest BCUT2D eigenvalue weighted by molar-refractivity contribution is 0.112. The van der Waals surface area contributed by atoms with Crippen LogP contribution in [0, 0.1) is 6.92 Å². The molecule has 0 radical (unpaired) electrons. The van der Waals surface area contributed by atoms with Crippen LogP contribution in [-0.2, 0) is 0 Å². The molecule has 0 aromatic carbocycles. The molecule has 0 saturated heterocycles. The number of rotatable bonds is 1. The Hall–Kier alpha value is -0.410. The average Bonchev–Trinajstić information content (AvgIpc) is 2.01. The first kappa shape index (κ1) is 8.68. The first-order valence-corrected chi connectivity index (χ1v) is 4.09. The summed E-state index contributed by atoms with van der Waals surface area (Å²) in [4.78, 5) is 14.3. The van der Waals surface area contributed by atoms with Crippen molar-refractivity contribution in [3.63, 3.8) is 0 Å². The minimum atomic E-state index is 0.407. The molecule has 58 valence electrons. The summed E-state index contributed by atoms with van der Waals surface area (Å²) in [5, 5.41) is 0.424. The fourth-order valence-corrected chi connectivity index (χ4v) is 1.21. The van der Waals surface area contributed by atoms with E-state index in [1.165, 1.54) is 6.20 Å². The van der Waals surface area contributed by atoms with Crippen LogP contribution in [-0.4, -0.2) is 11.3 Å². The van der Waals surface area contributed by atoms with Crippen LogP contribution in [0.5, 0.6) is 0 Å². The van der Waals surface area contributed by atoms with Crippen LogP contribution in [0.25, 0.3) is 0 Å². The molecule has 0 bridgehead atoms. The maximum atomic E-state index is 10.3. The molecule has 0 aliphatic rings. The molecule has 1 heterocycles. The molecule has 0 fully saturated rings. The van der Waals surface area contributed by atoms with Gasteiger partial charge in [-0.2, -0.15) is 0 Å². The number of nitrogens with zero attached hydrogens (tertiary/aromatic N) is 1. The Morgan fingerprint density at radius 2 is 2.36 bits per heavy atom. The summed E-state index contributed by atoms with van der Waals surface area (Å²) >= 11 is 9.00. The van der Waals surface area contributed by atoms with E-state index < -0.39 is 0 Å². The molecule has 4 heteroatoms. The lowest BCUT2D eigenvalue weighted by atomic mass is 10.3. The first-order valence-electron chi connectivity index (χ1n) is 2.92. The van der Waals surface area contributed by atoms with Gasteiger partial charge in [-0.05, 0) is 22.9 Å². The van der Waals surface area contributed by atoms with Crippen LogP contribution in [0.3, 0.4) is 0 Å². The highest BCUT2D eigenvalue weighted by molar-refractivity contribution is 9.10. The molecule has 0 spiro atoms. The maximum Gasteiger partial charge on any atom is 0.153 e. The Balaban J connectivity index is 3.36. The van der Waals surface area contributed by atoms with Gasteiger partial charge < -0.3 is 0 Å². The lowest BCUT2D eigenvalue weighted by Crippen LogP contribution is -1.89. The number of carbonyl (C=O) groups is 1. The fourth-order valence-electron chi connectivity index (χ4n) is 0.647. The average molecular weight is 234 g/mol. The summed E-state index contributed by atoms with van der Waals surface area (Å²) in [6.07, 6.45) is 2.13. The van der Waals surface area contributed by atoms with Gasteiger partial charge in [-0.25, -0.2) is 0 Å². The molecular weight excluding hydrogens is 229 g/mol.